The van der Waals surface area contributed by atoms with Gasteiger partial charge in [0.2, 0.25) is 0 Å². The molecule has 2 aromatic rings. The molecule has 0 amide bonds. The Morgan fingerprint density at radius 2 is 1.78 bits per heavy atom. The van der Waals surface area contributed by atoms with Crippen molar-refractivity contribution in [2.24, 2.45) is 0 Å². The van der Waals surface area contributed by atoms with Gasteiger partial charge in [0.1, 0.15) is 5.75 Å². The lowest BCUT2D eigenvalue weighted by Gasteiger charge is -2.10. The van der Waals surface area contributed by atoms with Gasteiger partial charge < -0.3 is 4.74 Å². The molecule has 0 fully saturated rings. The van der Waals surface area contributed by atoms with Crippen LogP contribution in [-0.4, -0.2) is 6.61 Å². The first-order valence-corrected chi connectivity index (χ1v) is 6.61. The third kappa shape index (κ3) is 3.18. The van der Waals surface area contributed by atoms with Gasteiger partial charge in [-0.25, -0.2) is 0 Å². The van der Waals surface area contributed by atoms with Crippen LogP contribution < -0.4 is 4.74 Å². The van der Waals surface area contributed by atoms with E-state index in [9.17, 15) is 0 Å². The van der Waals surface area contributed by atoms with Gasteiger partial charge in [-0.3, -0.25) is 0 Å². The van der Waals surface area contributed by atoms with Crippen LogP contribution in [0.15, 0.2) is 42.5 Å². The summed E-state index contributed by atoms with van der Waals surface area (Å²) in [5.74, 6) is 0.922. The van der Waals surface area contributed by atoms with Crippen molar-refractivity contribution < 1.29 is 4.74 Å². The summed E-state index contributed by atoms with van der Waals surface area (Å²) in [6, 6.07) is 13.7. The first-order chi connectivity index (χ1) is 8.70. The van der Waals surface area contributed by atoms with Crippen molar-refractivity contribution in [1.82, 2.24) is 0 Å². The maximum absolute atomic E-state index is 6.02. The summed E-state index contributed by atoms with van der Waals surface area (Å²) in [6.45, 7) is 2.65. The van der Waals surface area contributed by atoms with E-state index >= 15 is 0 Å². The summed E-state index contributed by atoms with van der Waals surface area (Å²) >= 11 is 11.9. The van der Waals surface area contributed by atoms with Crippen LogP contribution in [0.5, 0.6) is 5.75 Å². The van der Waals surface area contributed by atoms with Crippen LogP contribution in [0.25, 0.3) is 0 Å². The van der Waals surface area contributed by atoms with E-state index in [1.165, 1.54) is 0 Å². The van der Waals surface area contributed by atoms with Crippen LogP contribution in [0.3, 0.4) is 0 Å². The van der Waals surface area contributed by atoms with Crippen LogP contribution in [0, 0.1) is 0 Å². The van der Waals surface area contributed by atoms with E-state index < -0.39 is 0 Å². The summed E-state index contributed by atoms with van der Waals surface area (Å²) in [6.07, 6.45) is 0.785. The molecule has 0 N–H and O–H groups in total. The fourth-order valence-corrected chi connectivity index (χ4v) is 2.14. The van der Waals surface area contributed by atoms with Crippen molar-refractivity contribution in [1.29, 1.82) is 0 Å². The highest BCUT2D eigenvalue weighted by atomic mass is 35.5. The molecule has 0 aliphatic heterocycles. The van der Waals surface area contributed by atoms with E-state index in [2.05, 4.69) is 6.07 Å². The highest BCUT2D eigenvalue weighted by Gasteiger charge is 2.05. The lowest BCUT2D eigenvalue weighted by Crippen LogP contribution is -1.97. The Balaban J connectivity index is 2.25. The molecule has 0 aliphatic carbocycles. The molecule has 2 rings (SSSR count). The molecule has 3 heteroatoms. The van der Waals surface area contributed by atoms with Gasteiger partial charge in [0, 0.05) is 6.42 Å². The molecule has 0 bridgehead atoms. The van der Waals surface area contributed by atoms with E-state index in [1.54, 1.807) is 0 Å². The van der Waals surface area contributed by atoms with Crippen molar-refractivity contribution in [3.63, 3.8) is 0 Å². The highest BCUT2D eigenvalue weighted by Crippen LogP contribution is 2.26. The predicted octanol–water partition coefficient (Wildman–Crippen LogP) is 4.98. The SMILES string of the molecule is CCOc1ccccc1Cc1ccc(Cl)c(Cl)c1. The zero-order valence-corrected chi connectivity index (χ0v) is 11.6. The summed E-state index contributed by atoms with van der Waals surface area (Å²) in [5.41, 5.74) is 2.27. The lowest BCUT2D eigenvalue weighted by molar-refractivity contribution is 0.337. The van der Waals surface area contributed by atoms with E-state index in [-0.39, 0.29) is 0 Å². The lowest BCUT2D eigenvalue weighted by atomic mass is 10.0. The fourth-order valence-electron chi connectivity index (χ4n) is 1.82. The standard InChI is InChI=1S/C15H14Cl2O/c1-2-18-15-6-4-3-5-12(15)9-11-7-8-13(16)14(17)10-11/h3-8,10H,2,9H2,1H3. The van der Waals surface area contributed by atoms with Gasteiger partial charge in [-0.2, -0.15) is 0 Å². The second-order valence-corrected chi connectivity index (χ2v) is 4.78. The van der Waals surface area contributed by atoms with Gasteiger partial charge in [-0.15, -0.1) is 0 Å². The third-order valence-electron chi connectivity index (χ3n) is 2.65. The van der Waals surface area contributed by atoms with Crippen LogP contribution in [0.2, 0.25) is 10.0 Å². The minimum Gasteiger partial charge on any atom is -0.494 e. The second-order valence-electron chi connectivity index (χ2n) is 3.97. The first kappa shape index (κ1) is 13.3. The minimum atomic E-state index is 0.582. The molecular formula is C15H14Cl2O. The number of ether oxygens (including phenoxy) is 1. The summed E-state index contributed by atoms with van der Waals surface area (Å²) in [7, 11) is 0. The summed E-state index contributed by atoms with van der Waals surface area (Å²) < 4.78 is 5.60. The molecule has 0 saturated heterocycles. The molecule has 0 heterocycles. The number of hydrogen-bond acceptors (Lipinski definition) is 1. The maximum atomic E-state index is 6.02. The van der Waals surface area contributed by atoms with Crippen molar-refractivity contribution in [3.8, 4) is 5.75 Å². The van der Waals surface area contributed by atoms with Crippen LogP contribution >= 0.6 is 23.2 Å². The molecule has 0 aliphatic rings. The summed E-state index contributed by atoms with van der Waals surface area (Å²) in [5, 5.41) is 1.17. The molecule has 0 aromatic heterocycles. The number of benzene rings is 2. The Morgan fingerprint density at radius 3 is 2.50 bits per heavy atom. The second kappa shape index (κ2) is 6.12. The van der Waals surface area contributed by atoms with Crippen LogP contribution in [0.1, 0.15) is 18.1 Å². The number of rotatable bonds is 4. The Hall–Kier alpha value is -1.18. The predicted molar refractivity (Wildman–Crippen MR) is 76.9 cm³/mol. The smallest absolute Gasteiger partial charge is 0.122 e. The fraction of sp³-hybridized carbons (Fsp3) is 0.200. The molecule has 1 nitrogen and oxygen atoms in total. The van der Waals surface area contributed by atoms with Gasteiger partial charge in [0.15, 0.2) is 0 Å². The molecule has 0 atom stereocenters. The van der Waals surface area contributed by atoms with Crippen LogP contribution in [0.4, 0.5) is 0 Å². The molecule has 0 spiro atoms. The Bertz CT molecular complexity index is 538. The molecule has 2 aromatic carbocycles. The molecule has 18 heavy (non-hydrogen) atoms. The third-order valence-corrected chi connectivity index (χ3v) is 3.39. The molecule has 0 radical (unpaired) electrons. The minimum absolute atomic E-state index is 0.582. The van der Waals surface area contributed by atoms with Crippen LogP contribution in [-0.2, 0) is 6.42 Å². The topological polar surface area (TPSA) is 9.23 Å². The molecule has 0 saturated carbocycles. The number of hydrogen-bond donors (Lipinski definition) is 0. The average Bonchev–Trinajstić information content (AvgIpc) is 2.37. The summed E-state index contributed by atoms with van der Waals surface area (Å²) in [4.78, 5) is 0. The molecular weight excluding hydrogens is 267 g/mol. The van der Waals surface area contributed by atoms with Crippen molar-refractivity contribution in [2.45, 2.75) is 13.3 Å². The number of para-hydroxylation sites is 1. The Kier molecular flexibility index (Phi) is 4.51. The normalized spacial score (nSPS) is 10.4. The van der Waals surface area contributed by atoms with Crippen molar-refractivity contribution in [2.75, 3.05) is 6.61 Å². The van der Waals surface area contributed by atoms with Gasteiger partial charge in [-0.1, -0.05) is 47.5 Å². The molecule has 94 valence electrons. The van der Waals surface area contributed by atoms with Gasteiger partial charge >= 0.3 is 0 Å². The highest BCUT2D eigenvalue weighted by molar-refractivity contribution is 6.42. The largest absolute Gasteiger partial charge is 0.494 e. The quantitative estimate of drug-likeness (QED) is 0.767. The van der Waals surface area contributed by atoms with Crippen molar-refractivity contribution >= 4 is 23.2 Å². The first-order valence-electron chi connectivity index (χ1n) is 5.85. The van der Waals surface area contributed by atoms with Crippen molar-refractivity contribution in [3.05, 3.63) is 63.6 Å². The Labute approximate surface area is 117 Å². The van der Waals surface area contributed by atoms with Gasteiger partial charge in [-0.05, 0) is 36.2 Å². The van der Waals surface area contributed by atoms with E-state index in [0.717, 1.165) is 23.3 Å². The van der Waals surface area contributed by atoms with Gasteiger partial charge in [0.05, 0.1) is 16.7 Å². The molecule has 0 unspecified atom stereocenters. The zero-order chi connectivity index (χ0) is 13.0. The van der Waals surface area contributed by atoms with Gasteiger partial charge in [0.25, 0.3) is 0 Å². The van der Waals surface area contributed by atoms with E-state index in [0.29, 0.717) is 16.7 Å². The Morgan fingerprint density at radius 1 is 1.00 bits per heavy atom. The van der Waals surface area contributed by atoms with E-state index in [4.69, 9.17) is 27.9 Å². The monoisotopic (exact) mass is 280 g/mol. The van der Waals surface area contributed by atoms with E-state index in [1.807, 2.05) is 43.3 Å². The average molecular weight is 281 g/mol. The zero-order valence-electron chi connectivity index (χ0n) is 10.1. The number of halogens is 2. The maximum Gasteiger partial charge on any atom is 0.122 e.